The minimum atomic E-state index is -4.13. The molecule has 2 heterocycles. The fourth-order valence-corrected chi connectivity index (χ4v) is 5.66. The Morgan fingerprint density at radius 2 is 1.64 bits per heavy atom. The Labute approximate surface area is 222 Å². The van der Waals surface area contributed by atoms with Gasteiger partial charge in [-0.1, -0.05) is 17.7 Å². The summed E-state index contributed by atoms with van der Waals surface area (Å²) in [7, 11) is -1.28. The first-order valence-electron chi connectivity index (χ1n) is 11.6. The molecule has 0 radical (unpaired) electrons. The number of methoxy groups -OCH3 is 1. The standard InChI is InChI=1S/C28H23F2N3O5S/c1-16-4-7-19(8-5-16)39(35,36)33-11-10-20-22(15-32(2)28(34)26(20)33)21-13-18(31)14-25(37-3)27(21)38-24-9-6-17(29)12-23(24)30/h4-15H,31H2,1-3H3. The van der Waals surface area contributed by atoms with Crippen LogP contribution in [-0.4, -0.2) is 24.1 Å². The summed E-state index contributed by atoms with van der Waals surface area (Å²) < 4.78 is 68.6. The zero-order chi connectivity index (χ0) is 28.1. The van der Waals surface area contributed by atoms with Crippen molar-refractivity contribution in [3.8, 4) is 28.4 Å². The number of nitrogen functional groups attached to an aromatic ring is 1. The molecule has 0 aliphatic carbocycles. The molecule has 5 rings (SSSR count). The molecule has 0 saturated heterocycles. The third-order valence-corrected chi connectivity index (χ3v) is 7.95. The summed E-state index contributed by atoms with van der Waals surface area (Å²) in [5, 5.41) is 0.283. The molecule has 8 nitrogen and oxygen atoms in total. The molecule has 0 fully saturated rings. The maximum Gasteiger partial charge on any atom is 0.275 e. The zero-order valence-corrected chi connectivity index (χ0v) is 21.9. The van der Waals surface area contributed by atoms with Crippen LogP contribution in [0.15, 0.2) is 82.7 Å². The Bertz CT molecular complexity index is 1910. The lowest BCUT2D eigenvalue weighted by Gasteiger charge is -2.18. The van der Waals surface area contributed by atoms with Crippen LogP contribution in [0, 0.1) is 18.6 Å². The Balaban J connectivity index is 1.78. The van der Waals surface area contributed by atoms with Gasteiger partial charge in [0.25, 0.3) is 15.6 Å². The normalized spacial score (nSPS) is 11.6. The van der Waals surface area contributed by atoms with Crippen LogP contribution in [0.3, 0.4) is 0 Å². The van der Waals surface area contributed by atoms with Crippen molar-refractivity contribution in [2.45, 2.75) is 11.8 Å². The average Bonchev–Trinajstić information content (AvgIpc) is 3.35. The Hall–Kier alpha value is -4.64. The summed E-state index contributed by atoms with van der Waals surface area (Å²) in [6, 6.07) is 13.6. The van der Waals surface area contributed by atoms with E-state index in [0.29, 0.717) is 17.2 Å². The van der Waals surface area contributed by atoms with Crippen LogP contribution in [-0.2, 0) is 17.1 Å². The van der Waals surface area contributed by atoms with Gasteiger partial charge in [0.15, 0.2) is 23.1 Å². The molecule has 0 atom stereocenters. The van der Waals surface area contributed by atoms with Crippen molar-refractivity contribution in [2.24, 2.45) is 7.05 Å². The predicted octanol–water partition coefficient (Wildman–Crippen LogP) is 5.21. The van der Waals surface area contributed by atoms with E-state index in [2.05, 4.69) is 0 Å². The van der Waals surface area contributed by atoms with Crippen molar-refractivity contribution in [2.75, 3.05) is 12.8 Å². The van der Waals surface area contributed by atoms with Crippen LogP contribution in [0.5, 0.6) is 17.2 Å². The predicted molar refractivity (Wildman–Crippen MR) is 144 cm³/mol. The largest absolute Gasteiger partial charge is 0.493 e. The van der Waals surface area contributed by atoms with Gasteiger partial charge in [-0.25, -0.2) is 21.2 Å². The second kappa shape index (κ2) is 9.59. The third-order valence-electron chi connectivity index (χ3n) is 6.26. The van der Waals surface area contributed by atoms with Crippen molar-refractivity contribution in [1.82, 2.24) is 8.54 Å². The van der Waals surface area contributed by atoms with Gasteiger partial charge in [-0.05, 0) is 43.3 Å². The molecular formula is C28H23F2N3O5S. The van der Waals surface area contributed by atoms with Gasteiger partial charge >= 0.3 is 0 Å². The lowest BCUT2D eigenvalue weighted by atomic mass is 10.0. The molecule has 0 aliphatic heterocycles. The molecule has 0 aliphatic rings. The summed E-state index contributed by atoms with van der Waals surface area (Å²) >= 11 is 0. The van der Waals surface area contributed by atoms with E-state index in [1.165, 1.54) is 61.5 Å². The van der Waals surface area contributed by atoms with Crippen LogP contribution in [0.4, 0.5) is 14.5 Å². The first kappa shape index (κ1) is 26.0. The monoisotopic (exact) mass is 551 g/mol. The van der Waals surface area contributed by atoms with Crippen molar-refractivity contribution in [3.05, 3.63) is 101 Å². The Kier molecular flexibility index (Phi) is 6.39. The van der Waals surface area contributed by atoms with Crippen molar-refractivity contribution in [1.29, 1.82) is 0 Å². The van der Waals surface area contributed by atoms with Crippen molar-refractivity contribution in [3.63, 3.8) is 0 Å². The van der Waals surface area contributed by atoms with Crippen LogP contribution < -0.4 is 20.8 Å². The lowest BCUT2D eigenvalue weighted by molar-refractivity contribution is 0.371. The summed E-state index contributed by atoms with van der Waals surface area (Å²) in [5.41, 5.74) is 7.28. The second-order valence-electron chi connectivity index (χ2n) is 8.93. The number of rotatable bonds is 6. The number of benzene rings is 3. The van der Waals surface area contributed by atoms with Crippen LogP contribution in [0.2, 0.25) is 0 Å². The first-order chi connectivity index (χ1) is 18.5. The van der Waals surface area contributed by atoms with Crippen molar-refractivity contribution < 1.29 is 26.7 Å². The molecule has 2 aromatic heterocycles. The molecule has 39 heavy (non-hydrogen) atoms. The van der Waals surface area contributed by atoms with E-state index < -0.39 is 27.2 Å². The molecule has 2 N–H and O–H groups in total. The number of hydrogen-bond donors (Lipinski definition) is 1. The summed E-state index contributed by atoms with van der Waals surface area (Å²) in [4.78, 5) is 13.3. The van der Waals surface area contributed by atoms with Gasteiger partial charge in [0.05, 0.1) is 12.0 Å². The van der Waals surface area contributed by atoms with Gasteiger partial charge in [-0.15, -0.1) is 0 Å². The molecular weight excluding hydrogens is 528 g/mol. The maximum atomic E-state index is 14.5. The van der Waals surface area contributed by atoms with Gasteiger partial charge in [0, 0.05) is 53.8 Å². The average molecular weight is 552 g/mol. The zero-order valence-electron chi connectivity index (χ0n) is 21.1. The molecule has 5 aromatic rings. The third kappa shape index (κ3) is 4.50. The van der Waals surface area contributed by atoms with E-state index in [1.807, 2.05) is 6.92 Å². The van der Waals surface area contributed by atoms with Crippen molar-refractivity contribution >= 4 is 26.6 Å². The second-order valence-corrected chi connectivity index (χ2v) is 10.7. The highest BCUT2D eigenvalue weighted by atomic mass is 32.2. The Morgan fingerprint density at radius 1 is 0.923 bits per heavy atom. The quantitative estimate of drug-likeness (QED) is 0.291. The van der Waals surface area contributed by atoms with E-state index in [0.717, 1.165) is 21.7 Å². The molecule has 3 aromatic carbocycles. The summed E-state index contributed by atoms with van der Waals surface area (Å²) in [6.45, 7) is 1.83. The number of fused-ring (bicyclic) bond motifs is 1. The van der Waals surface area contributed by atoms with E-state index in [1.54, 1.807) is 12.1 Å². The van der Waals surface area contributed by atoms with Gasteiger partial charge < -0.3 is 19.8 Å². The number of aryl methyl sites for hydroxylation is 2. The minimum absolute atomic E-state index is 0.0134. The number of ether oxygens (including phenoxy) is 2. The van der Waals surface area contributed by atoms with Crippen LogP contribution >= 0.6 is 0 Å². The molecule has 11 heteroatoms. The summed E-state index contributed by atoms with van der Waals surface area (Å²) in [5.74, 6) is -1.82. The molecule has 0 bridgehead atoms. The number of halogens is 2. The highest BCUT2D eigenvalue weighted by Gasteiger charge is 2.25. The SMILES string of the molecule is COc1cc(N)cc(-c2cn(C)c(=O)c3c2ccn3S(=O)(=O)c2ccc(C)cc2)c1Oc1ccc(F)cc1F. The molecule has 0 unspecified atom stereocenters. The lowest BCUT2D eigenvalue weighted by Crippen LogP contribution is -2.22. The fourth-order valence-electron chi connectivity index (χ4n) is 4.32. The smallest absolute Gasteiger partial charge is 0.275 e. The van der Waals surface area contributed by atoms with Gasteiger partial charge in [0.1, 0.15) is 11.3 Å². The molecule has 200 valence electrons. The maximum absolute atomic E-state index is 14.5. The van der Waals surface area contributed by atoms with E-state index in [9.17, 15) is 22.0 Å². The van der Waals surface area contributed by atoms with E-state index in [4.69, 9.17) is 15.2 Å². The topological polar surface area (TPSA) is 106 Å². The number of aromatic nitrogens is 2. The van der Waals surface area contributed by atoms with E-state index >= 15 is 0 Å². The number of nitrogens with two attached hydrogens (primary N) is 1. The highest BCUT2D eigenvalue weighted by Crippen LogP contribution is 2.45. The summed E-state index contributed by atoms with van der Waals surface area (Å²) in [6.07, 6.45) is 2.80. The number of nitrogens with zero attached hydrogens (tertiary/aromatic N) is 2. The Morgan fingerprint density at radius 3 is 2.31 bits per heavy atom. The number of anilines is 1. The number of pyridine rings is 1. The van der Waals surface area contributed by atoms with Crippen LogP contribution in [0.1, 0.15) is 5.56 Å². The minimum Gasteiger partial charge on any atom is -0.493 e. The molecule has 0 saturated carbocycles. The van der Waals surface area contributed by atoms with Gasteiger partial charge in [-0.2, -0.15) is 0 Å². The van der Waals surface area contributed by atoms with Crippen LogP contribution in [0.25, 0.3) is 22.0 Å². The molecule has 0 spiro atoms. The van der Waals surface area contributed by atoms with E-state index in [-0.39, 0.29) is 38.7 Å². The number of hydrogen-bond acceptors (Lipinski definition) is 6. The van der Waals surface area contributed by atoms with Gasteiger partial charge in [0.2, 0.25) is 0 Å². The highest BCUT2D eigenvalue weighted by molar-refractivity contribution is 7.90. The van der Waals surface area contributed by atoms with Gasteiger partial charge in [-0.3, -0.25) is 4.79 Å². The first-order valence-corrected chi connectivity index (χ1v) is 13.1. The fraction of sp³-hybridized carbons (Fsp3) is 0.107. The molecule has 0 amide bonds.